The van der Waals surface area contributed by atoms with Crippen molar-refractivity contribution in [2.24, 2.45) is 0 Å². The second-order valence-corrected chi connectivity index (χ2v) is 13.0. The number of aromatic nitrogens is 3. The van der Waals surface area contributed by atoms with Crippen molar-refractivity contribution in [3.63, 3.8) is 0 Å². The van der Waals surface area contributed by atoms with E-state index in [1.54, 1.807) is 0 Å². The van der Waals surface area contributed by atoms with E-state index < -0.39 is 10.8 Å². The SMILES string of the molecule is CC(Cc1[c-]c(-c2cccc(CC(C)(c3[c-]cccc3)c3ccccn3)n2)c2oc3ccccc3c2c1)(c1[c-]cccc1)c1ccccn1.[Ir+3]. The van der Waals surface area contributed by atoms with Crippen LogP contribution in [-0.4, -0.2) is 15.0 Å². The predicted octanol–water partition coefficient (Wildman–Crippen LogP) is 9.93. The summed E-state index contributed by atoms with van der Waals surface area (Å²) < 4.78 is 6.57. The summed E-state index contributed by atoms with van der Waals surface area (Å²) in [7, 11) is 0. The van der Waals surface area contributed by atoms with E-state index >= 15 is 0 Å². The molecular weight excluding hydrogens is 791 g/mol. The van der Waals surface area contributed by atoms with Crippen LogP contribution in [0.5, 0.6) is 0 Å². The topological polar surface area (TPSA) is 51.8 Å². The van der Waals surface area contributed by atoms with E-state index in [9.17, 15) is 0 Å². The van der Waals surface area contributed by atoms with Crippen LogP contribution in [0.2, 0.25) is 0 Å². The van der Waals surface area contributed by atoms with Gasteiger partial charge in [0.15, 0.2) is 0 Å². The standard InChI is InChI=1S/C45H34N3O.Ir/c1-44(33-16-5-3-6-17-33,41-24-11-13-26-46-41)30-32-28-37-36-21-9-10-23-40(36)49-43(37)38(29-32)39-22-15-20-35(48-39)31-45(2,34-18-7-4-8-19-34)42-25-12-14-27-47-42;/h3-16,18,20-28H,30-31H2,1-2H3;/q-3;+3. The summed E-state index contributed by atoms with van der Waals surface area (Å²) in [5.41, 5.74) is 8.49. The van der Waals surface area contributed by atoms with Gasteiger partial charge in [0.25, 0.3) is 0 Å². The zero-order valence-electron chi connectivity index (χ0n) is 27.9. The summed E-state index contributed by atoms with van der Waals surface area (Å²) in [5, 5.41) is 2.11. The Hall–Kier alpha value is -5.22. The Labute approximate surface area is 306 Å². The van der Waals surface area contributed by atoms with Crippen molar-refractivity contribution in [2.75, 3.05) is 0 Å². The van der Waals surface area contributed by atoms with Gasteiger partial charge in [-0.05, 0) is 48.5 Å². The molecule has 0 saturated carbocycles. The van der Waals surface area contributed by atoms with E-state index in [-0.39, 0.29) is 20.1 Å². The molecule has 0 amide bonds. The first kappa shape index (κ1) is 33.3. The molecule has 8 rings (SSSR count). The number of furan rings is 1. The van der Waals surface area contributed by atoms with Crippen LogP contribution in [0.25, 0.3) is 33.2 Å². The molecule has 5 heteroatoms. The van der Waals surface area contributed by atoms with Gasteiger partial charge in [0.05, 0.1) is 5.58 Å². The molecule has 4 aromatic carbocycles. The molecular formula is C45H34IrN3O. The number of fused-ring (bicyclic) bond motifs is 3. The van der Waals surface area contributed by atoms with Gasteiger partial charge in [-0.25, -0.2) is 0 Å². The van der Waals surface area contributed by atoms with Crippen LogP contribution in [-0.2, 0) is 43.8 Å². The maximum absolute atomic E-state index is 6.57. The van der Waals surface area contributed by atoms with Gasteiger partial charge in [-0.15, -0.1) is 23.3 Å². The first-order valence-corrected chi connectivity index (χ1v) is 16.6. The monoisotopic (exact) mass is 825 g/mol. The normalized spacial score (nSPS) is 13.7. The number of nitrogens with zero attached hydrogens (tertiary/aromatic N) is 3. The van der Waals surface area contributed by atoms with Crippen molar-refractivity contribution in [3.8, 4) is 11.3 Å². The smallest absolute Gasteiger partial charge is 0.501 e. The number of pyridine rings is 3. The van der Waals surface area contributed by atoms with Crippen LogP contribution in [0.1, 0.15) is 47.6 Å². The molecule has 0 aliphatic heterocycles. The van der Waals surface area contributed by atoms with Gasteiger partial charge in [-0.1, -0.05) is 67.3 Å². The second-order valence-electron chi connectivity index (χ2n) is 13.0. The minimum absolute atomic E-state index is 0. The number of para-hydroxylation sites is 1. The van der Waals surface area contributed by atoms with Crippen molar-refractivity contribution < 1.29 is 24.5 Å². The molecule has 0 saturated heterocycles. The van der Waals surface area contributed by atoms with E-state index in [1.165, 1.54) is 0 Å². The molecule has 0 N–H and O–H groups in total. The summed E-state index contributed by atoms with van der Waals surface area (Å²) in [6.45, 7) is 4.46. The van der Waals surface area contributed by atoms with Gasteiger partial charge in [0, 0.05) is 52.1 Å². The van der Waals surface area contributed by atoms with Gasteiger partial charge in [0.1, 0.15) is 5.58 Å². The Morgan fingerprint density at radius 2 is 1.24 bits per heavy atom. The molecule has 0 spiro atoms. The Morgan fingerprint density at radius 1 is 0.620 bits per heavy atom. The summed E-state index contributed by atoms with van der Waals surface area (Å²) >= 11 is 0. The Morgan fingerprint density at radius 3 is 1.86 bits per heavy atom. The number of benzene rings is 4. The minimum atomic E-state index is -0.449. The fourth-order valence-corrected chi connectivity index (χ4v) is 7.06. The first-order valence-electron chi connectivity index (χ1n) is 16.6. The van der Waals surface area contributed by atoms with Crippen LogP contribution in [0, 0.1) is 18.2 Å². The van der Waals surface area contributed by atoms with Crippen LogP contribution in [0.4, 0.5) is 0 Å². The van der Waals surface area contributed by atoms with Gasteiger partial charge in [-0.3, -0.25) is 9.97 Å². The van der Waals surface area contributed by atoms with E-state index in [1.807, 2.05) is 73.1 Å². The van der Waals surface area contributed by atoms with Gasteiger partial charge in [-0.2, -0.15) is 66.2 Å². The van der Waals surface area contributed by atoms with E-state index in [0.29, 0.717) is 12.8 Å². The second kappa shape index (κ2) is 14.0. The van der Waals surface area contributed by atoms with Crippen molar-refractivity contribution >= 4 is 21.9 Å². The number of hydrogen-bond acceptors (Lipinski definition) is 4. The van der Waals surface area contributed by atoms with Gasteiger partial charge >= 0.3 is 20.1 Å². The van der Waals surface area contributed by atoms with Gasteiger partial charge < -0.3 is 9.40 Å². The van der Waals surface area contributed by atoms with Crippen molar-refractivity contribution in [3.05, 3.63) is 198 Å². The van der Waals surface area contributed by atoms with Crippen LogP contribution in [0.15, 0.2) is 150 Å². The molecule has 244 valence electrons. The minimum Gasteiger partial charge on any atom is -0.501 e. The average molecular weight is 825 g/mol. The third-order valence-corrected chi connectivity index (χ3v) is 9.67. The largest absolute Gasteiger partial charge is 3.00 e. The zero-order chi connectivity index (χ0) is 33.3. The number of rotatable bonds is 9. The molecule has 0 radical (unpaired) electrons. The number of hydrogen-bond donors (Lipinski definition) is 0. The maximum Gasteiger partial charge on any atom is 3.00 e. The molecule has 4 aromatic heterocycles. The molecule has 0 aliphatic rings. The zero-order valence-corrected chi connectivity index (χ0v) is 30.2. The Balaban J connectivity index is 0.00000392. The van der Waals surface area contributed by atoms with Crippen molar-refractivity contribution in [2.45, 2.75) is 37.5 Å². The molecule has 4 nitrogen and oxygen atoms in total. The third-order valence-electron chi connectivity index (χ3n) is 9.67. The molecule has 2 unspecified atom stereocenters. The Kier molecular flexibility index (Phi) is 9.29. The molecule has 50 heavy (non-hydrogen) atoms. The average Bonchev–Trinajstić information content (AvgIpc) is 3.54. The quantitative estimate of drug-likeness (QED) is 0.136. The molecule has 0 bridgehead atoms. The first-order chi connectivity index (χ1) is 24.0. The van der Waals surface area contributed by atoms with Crippen molar-refractivity contribution in [1.82, 2.24) is 15.0 Å². The molecule has 2 atom stereocenters. The van der Waals surface area contributed by atoms with Crippen molar-refractivity contribution in [1.29, 1.82) is 0 Å². The van der Waals surface area contributed by atoms with Crippen LogP contribution in [0.3, 0.4) is 0 Å². The summed E-state index contributed by atoms with van der Waals surface area (Å²) in [6.07, 6.45) is 5.02. The van der Waals surface area contributed by atoms with E-state index in [2.05, 4.69) is 105 Å². The van der Waals surface area contributed by atoms with E-state index in [4.69, 9.17) is 19.4 Å². The maximum atomic E-state index is 6.57. The Bertz CT molecular complexity index is 2280. The van der Waals surface area contributed by atoms with Crippen LogP contribution < -0.4 is 0 Å². The van der Waals surface area contributed by atoms with Gasteiger partial charge in [0.2, 0.25) is 0 Å². The molecule has 4 heterocycles. The molecule has 0 aliphatic carbocycles. The molecule has 8 aromatic rings. The third kappa shape index (κ3) is 6.20. The summed E-state index contributed by atoms with van der Waals surface area (Å²) in [6, 6.07) is 55.9. The fraction of sp³-hybridized carbons (Fsp3) is 0.133. The van der Waals surface area contributed by atoms with Crippen LogP contribution >= 0.6 is 0 Å². The predicted molar refractivity (Wildman–Crippen MR) is 195 cm³/mol. The van der Waals surface area contributed by atoms with E-state index in [0.717, 1.165) is 67.0 Å². The summed E-state index contributed by atoms with van der Waals surface area (Å²) in [4.78, 5) is 14.9. The molecule has 0 fully saturated rings. The summed E-state index contributed by atoms with van der Waals surface area (Å²) in [5.74, 6) is 0. The fourth-order valence-electron chi connectivity index (χ4n) is 7.06.